The number of anilines is 2. The van der Waals surface area contributed by atoms with E-state index in [1.165, 1.54) is 7.11 Å². The fourth-order valence-electron chi connectivity index (χ4n) is 4.09. The molecule has 4 rings (SSSR count). The number of hydrogen-bond donors (Lipinski definition) is 2. The van der Waals surface area contributed by atoms with Crippen LogP contribution in [0.1, 0.15) is 48.7 Å². The number of benzene rings is 1. The van der Waals surface area contributed by atoms with Gasteiger partial charge in [-0.15, -0.1) is 0 Å². The van der Waals surface area contributed by atoms with Crippen molar-refractivity contribution >= 4 is 36.0 Å². The SMILES string of the molecule is COC(=O)Cc1cc(Nc2nn(C3CCCOC3)cc2C(N)=O)ccc1B1OCC(C)(C)CO1. The lowest BCUT2D eigenvalue weighted by molar-refractivity contribution is -0.139. The van der Waals surface area contributed by atoms with Crippen molar-refractivity contribution in [2.75, 3.05) is 38.9 Å². The zero-order chi connectivity index (χ0) is 24.3. The number of ether oxygens (including phenoxy) is 2. The normalized spacial score (nSPS) is 20.1. The average Bonchev–Trinajstić information content (AvgIpc) is 3.24. The summed E-state index contributed by atoms with van der Waals surface area (Å²) in [6.45, 7) is 6.49. The van der Waals surface area contributed by atoms with Crippen LogP contribution >= 0.6 is 0 Å². The van der Waals surface area contributed by atoms with Gasteiger partial charge in [0.05, 0.1) is 26.2 Å². The number of aromatic nitrogens is 2. The number of nitrogens with one attached hydrogen (secondary N) is 1. The molecule has 2 saturated heterocycles. The number of amides is 1. The Morgan fingerprint density at radius 2 is 2.09 bits per heavy atom. The summed E-state index contributed by atoms with van der Waals surface area (Å²) in [6, 6.07) is 5.53. The van der Waals surface area contributed by atoms with E-state index in [1.54, 1.807) is 10.9 Å². The lowest BCUT2D eigenvalue weighted by atomic mass is 9.72. The van der Waals surface area contributed by atoms with Crippen LogP contribution in [0.5, 0.6) is 0 Å². The highest BCUT2D eigenvalue weighted by molar-refractivity contribution is 6.62. The Morgan fingerprint density at radius 1 is 1.32 bits per heavy atom. The van der Waals surface area contributed by atoms with Gasteiger partial charge in [0, 0.05) is 37.1 Å². The van der Waals surface area contributed by atoms with Crippen molar-refractivity contribution < 1.29 is 28.4 Å². The predicted octanol–water partition coefficient (Wildman–Crippen LogP) is 1.56. The number of methoxy groups -OCH3 is 1. The van der Waals surface area contributed by atoms with Crippen LogP contribution in [0, 0.1) is 5.41 Å². The van der Waals surface area contributed by atoms with Crippen molar-refractivity contribution in [3.05, 3.63) is 35.5 Å². The van der Waals surface area contributed by atoms with Crippen LogP contribution in [0.2, 0.25) is 0 Å². The first-order chi connectivity index (χ1) is 16.3. The zero-order valence-corrected chi connectivity index (χ0v) is 19.8. The second-order valence-corrected chi connectivity index (χ2v) is 9.52. The first kappa shape index (κ1) is 24.2. The number of nitrogens with two attached hydrogens (primary N) is 1. The van der Waals surface area contributed by atoms with E-state index in [0.717, 1.165) is 24.9 Å². The van der Waals surface area contributed by atoms with Crippen LogP contribution in [-0.4, -0.2) is 62.3 Å². The molecule has 0 saturated carbocycles. The minimum Gasteiger partial charge on any atom is -0.469 e. The second kappa shape index (κ2) is 10.2. The Morgan fingerprint density at radius 3 is 2.74 bits per heavy atom. The number of carbonyl (C=O) groups excluding carboxylic acids is 2. The van der Waals surface area contributed by atoms with Gasteiger partial charge in [-0.05, 0) is 36.0 Å². The Labute approximate surface area is 199 Å². The van der Waals surface area contributed by atoms with E-state index in [4.69, 9.17) is 24.5 Å². The molecule has 11 heteroatoms. The van der Waals surface area contributed by atoms with Crippen LogP contribution < -0.4 is 16.5 Å². The third kappa shape index (κ3) is 5.60. The maximum atomic E-state index is 12.1. The summed E-state index contributed by atoms with van der Waals surface area (Å²) in [7, 11) is 0.773. The molecule has 2 aliphatic rings. The van der Waals surface area contributed by atoms with Gasteiger partial charge in [0.2, 0.25) is 0 Å². The molecule has 10 nitrogen and oxygen atoms in total. The lowest BCUT2D eigenvalue weighted by Gasteiger charge is -2.33. The van der Waals surface area contributed by atoms with Gasteiger partial charge < -0.3 is 29.8 Å². The summed E-state index contributed by atoms with van der Waals surface area (Å²) in [6.07, 6.45) is 3.54. The Bertz CT molecular complexity index is 1040. The van der Waals surface area contributed by atoms with E-state index in [1.807, 2.05) is 18.2 Å². The monoisotopic (exact) mass is 470 g/mol. The molecule has 1 unspecified atom stereocenters. The number of primary amides is 1. The molecule has 3 heterocycles. The lowest BCUT2D eigenvalue weighted by Crippen LogP contribution is -2.48. The number of rotatable bonds is 7. The van der Waals surface area contributed by atoms with Crippen molar-refractivity contribution in [1.82, 2.24) is 9.78 Å². The van der Waals surface area contributed by atoms with Crippen LogP contribution in [-0.2, 0) is 30.0 Å². The van der Waals surface area contributed by atoms with Crippen molar-refractivity contribution in [3.8, 4) is 0 Å². The smallest absolute Gasteiger partial charge is 0.469 e. The molecular weight excluding hydrogens is 439 g/mol. The van der Waals surface area contributed by atoms with E-state index in [-0.39, 0.29) is 29.4 Å². The van der Waals surface area contributed by atoms with Crippen LogP contribution in [0.4, 0.5) is 11.5 Å². The van der Waals surface area contributed by atoms with Crippen LogP contribution in [0.15, 0.2) is 24.4 Å². The quantitative estimate of drug-likeness (QED) is 0.461. The van der Waals surface area contributed by atoms with Gasteiger partial charge >= 0.3 is 13.1 Å². The molecular formula is C23H31BN4O6. The first-order valence-electron chi connectivity index (χ1n) is 11.4. The Kier molecular flexibility index (Phi) is 7.25. The van der Waals surface area contributed by atoms with Crippen molar-refractivity contribution in [2.45, 2.75) is 39.2 Å². The zero-order valence-electron chi connectivity index (χ0n) is 19.8. The Hall–Kier alpha value is -2.89. The maximum absolute atomic E-state index is 12.1. The summed E-state index contributed by atoms with van der Waals surface area (Å²) in [5.74, 6) is -0.612. The molecule has 2 aromatic rings. The minimum atomic E-state index is -0.580. The van der Waals surface area contributed by atoms with E-state index in [9.17, 15) is 9.59 Å². The van der Waals surface area contributed by atoms with Gasteiger partial charge in [0.25, 0.3) is 5.91 Å². The second-order valence-electron chi connectivity index (χ2n) is 9.52. The summed E-state index contributed by atoms with van der Waals surface area (Å²) < 4.78 is 24.0. The highest BCUT2D eigenvalue weighted by Crippen LogP contribution is 2.26. The van der Waals surface area contributed by atoms with E-state index in [0.29, 0.717) is 36.9 Å². The number of nitrogens with zero attached hydrogens (tertiary/aromatic N) is 2. The van der Waals surface area contributed by atoms with Gasteiger partial charge in [0.1, 0.15) is 5.56 Å². The van der Waals surface area contributed by atoms with Crippen molar-refractivity contribution in [1.29, 1.82) is 0 Å². The average molecular weight is 470 g/mol. The van der Waals surface area contributed by atoms with E-state index in [2.05, 4.69) is 24.3 Å². The fourth-order valence-corrected chi connectivity index (χ4v) is 4.09. The molecule has 0 bridgehead atoms. The van der Waals surface area contributed by atoms with Gasteiger partial charge in [-0.25, -0.2) is 0 Å². The third-order valence-corrected chi connectivity index (χ3v) is 5.98. The first-order valence-corrected chi connectivity index (χ1v) is 11.4. The molecule has 1 amide bonds. The number of esters is 1. The fraction of sp³-hybridized carbons (Fsp3) is 0.522. The third-order valence-electron chi connectivity index (χ3n) is 5.98. The molecule has 0 spiro atoms. The van der Waals surface area contributed by atoms with Crippen LogP contribution in [0.25, 0.3) is 0 Å². The maximum Gasteiger partial charge on any atom is 0.494 e. The molecule has 1 aromatic heterocycles. The van der Waals surface area contributed by atoms with E-state index < -0.39 is 13.0 Å². The molecule has 2 fully saturated rings. The highest BCUT2D eigenvalue weighted by Gasteiger charge is 2.35. The largest absolute Gasteiger partial charge is 0.494 e. The van der Waals surface area contributed by atoms with Crippen molar-refractivity contribution in [3.63, 3.8) is 0 Å². The number of carbonyl (C=O) groups is 2. The predicted molar refractivity (Wildman–Crippen MR) is 126 cm³/mol. The topological polar surface area (TPSA) is 127 Å². The molecule has 0 aliphatic carbocycles. The Balaban J connectivity index is 1.60. The van der Waals surface area contributed by atoms with Crippen LogP contribution in [0.3, 0.4) is 0 Å². The molecule has 0 radical (unpaired) electrons. The standard InChI is InChI=1S/C23H31BN4O6/c1-23(2)13-33-24(34-14-23)19-7-6-16(9-15(19)10-20(29)31-3)26-22-18(21(25)30)11-28(27-22)17-5-4-8-32-12-17/h6-7,9,11,17H,4-5,8,10,12-14H2,1-3H3,(H2,25,30)(H,26,27). The summed E-state index contributed by atoms with van der Waals surface area (Å²) in [5, 5.41) is 7.75. The van der Waals surface area contributed by atoms with Gasteiger partial charge in [-0.3, -0.25) is 14.3 Å². The van der Waals surface area contributed by atoms with Gasteiger partial charge in [-0.1, -0.05) is 19.9 Å². The van der Waals surface area contributed by atoms with Crippen molar-refractivity contribution in [2.24, 2.45) is 11.1 Å². The molecule has 182 valence electrons. The molecule has 1 atom stereocenters. The molecule has 3 N–H and O–H groups in total. The molecule has 2 aliphatic heterocycles. The number of hydrogen-bond acceptors (Lipinski definition) is 8. The van der Waals surface area contributed by atoms with Gasteiger partial charge in [0.15, 0.2) is 5.82 Å². The minimum absolute atomic E-state index is 0.0458. The summed E-state index contributed by atoms with van der Waals surface area (Å²) in [5.41, 5.74) is 7.92. The summed E-state index contributed by atoms with van der Waals surface area (Å²) >= 11 is 0. The molecule has 1 aromatic carbocycles. The molecule has 34 heavy (non-hydrogen) atoms. The van der Waals surface area contributed by atoms with E-state index >= 15 is 0 Å². The highest BCUT2D eigenvalue weighted by atomic mass is 16.6. The summed E-state index contributed by atoms with van der Waals surface area (Å²) in [4.78, 5) is 24.2. The van der Waals surface area contributed by atoms with Gasteiger partial charge in [-0.2, -0.15) is 5.10 Å².